The van der Waals surface area contributed by atoms with Gasteiger partial charge in [-0.25, -0.2) is 9.37 Å². The molecule has 0 bridgehead atoms. The van der Waals surface area contributed by atoms with Gasteiger partial charge >= 0.3 is 0 Å². The van der Waals surface area contributed by atoms with Crippen LogP contribution in [0.4, 0.5) is 10.1 Å². The van der Waals surface area contributed by atoms with Gasteiger partial charge in [0.05, 0.1) is 6.54 Å². The Balaban J connectivity index is 1.94. The minimum absolute atomic E-state index is 0.200. The lowest BCUT2D eigenvalue weighted by molar-refractivity contribution is 0.640. The van der Waals surface area contributed by atoms with Crippen LogP contribution in [0.3, 0.4) is 0 Å². The Morgan fingerprint density at radius 3 is 2.72 bits per heavy atom. The van der Waals surface area contributed by atoms with Crippen molar-refractivity contribution in [1.29, 1.82) is 0 Å². The van der Waals surface area contributed by atoms with Gasteiger partial charge in [0.1, 0.15) is 11.6 Å². The molecule has 0 fully saturated rings. The maximum Gasteiger partial charge on any atom is 0.131 e. The first-order chi connectivity index (χ1) is 8.84. The summed E-state index contributed by atoms with van der Waals surface area (Å²) in [6.07, 6.45) is 3.49. The molecule has 0 saturated heterocycles. The van der Waals surface area contributed by atoms with Crippen molar-refractivity contribution in [3.05, 3.63) is 60.4 Å². The quantitative estimate of drug-likeness (QED) is 0.738. The molecule has 0 aliphatic heterocycles. The molecule has 0 radical (unpaired) electrons. The summed E-state index contributed by atoms with van der Waals surface area (Å²) in [6, 6.07) is 10.7. The number of H-pyrrole nitrogens is 1. The molecule has 18 heavy (non-hydrogen) atoms. The molecule has 2 aromatic carbocycles. The van der Waals surface area contributed by atoms with E-state index >= 15 is 0 Å². The lowest BCUT2D eigenvalue weighted by Crippen LogP contribution is -2.01. The monoisotopic (exact) mass is 241 g/mol. The summed E-state index contributed by atoms with van der Waals surface area (Å²) in [6.45, 7) is 0.586. The second-order valence-corrected chi connectivity index (χ2v) is 4.03. The van der Waals surface area contributed by atoms with Crippen molar-refractivity contribution in [2.24, 2.45) is 0 Å². The van der Waals surface area contributed by atoms with Crippen LogP contribution in [0, 0.1) is 5.82 Å². The second-order valence-electron chi connectivity index (χ2n) is 4.03. The lowest BCUT2D eigenvalue weighted by Gasteiger charge is -2.09. The van der Waals surface area contributed by atoms with Crippen molar-refractivity contribution >= 4 is 16.5 Å². The standard InChI is InChI=1S/C14H12FN3/c15-12-5-6-13(11-4-2-1-3-10(11)12)18-9-14-16-7-8-17-14/h1-8,18H,9H2,(H,16,17). The highest BCUT2D eigenvalue weighted by atomic mass is 19.1. The molecule has 0 unspecified atom stereocenters. The Morgan fingerprint density at radius 1 is 1.11 bits per heavy atom. The summed E-state index contributed by atoms with van der Waals surface area (Å²) in [5.74, 6) is 0.651. The highest BCUT2D eigenvalue weighted by Gasteiger charge is 2.05. The fourth-order valence-corrected chi connectivity index (χ4v) is 1.99. The van der Waals surface area contributed by atoms with E-state index in [-0.39, 0.29) is 5.82 Å². The molecule has 3 nitrogen and oxygen atoms in total. The van der Waals surface area contributed by atoms with Crippen LogP contribution >= 0.6 is 0 Å². The number of rotatable bonds is 3. The topological polar surface area (TPSA) is 40.7 Å². The Bertz CT molecular complexity index is 662. The van der Waals surface area contributed by atoms with E-state index in [1.165, 1.54) is 6.07 Å². The Hall–Kier alpha value is -2.36. The van der Waals surface area contributed by atoms with E-state index in [0.29, 0.717) is 11.9 Å². The summed E-state index contributed by atoms with van der Waals surface area (Å²) in [5.41, 5.74) is 0.906. The first-order valence-electron chi connectivity index (χ1n) is 5.74. The van der Waals surface area contributed by atoms with Crippen molar-refractivity contribution < 1.29 is 4.39 Å². The van der Waals surface area contributed by atoms with Crippen LogP contribution in [0.25, 0.3) is 10.8 Å². The SMILES string of the molecule is Fc1ccc(NCc2ncc[nH]2)c2ccccc12. The van der Waals surface area contributed by atoms with E-state index in [4.69, 9.17) is 0 Å². The maximum atomic E-state index is 13.6. The van der Waals surface area contributed by atoms with E-state index in [9.17, 15) is 4.39 Å². The smallest absolute Gasteiger partial charge is 0.131 e. The van der Waals surface area contributed by atoms with Crippen molar-refractivity contribution in [3.8, 4) is 0 Å². The van der Waals surface area contributed by atoms with Crippen LogP contribution in [0.15, 0.2) is 48.8 Å². The maximum absolute atomic E-state index is 13.6. The molecular weight excluding hydrogens is 229 g/mol. The number of benzene rings is 2. The predicted molar refractivity (Wildman–Crippen MR) is 69.8 cm³/mol. The zero-order valence-corrected chi connectivity index (χ0v) is 9.65. The average molecular weight is 241 g/mol. The molecule has 90 valence electrons. The summed E-state index contributed by atoms with van der Waals surface area (Å²) in [4.78, 5) is 7.16. The Kier molecular flexibility index (Phi) is 2.68. The number of fused-ring (bicyclic) bond motifs is 1. The van der Waals surface area contributed by atoms with Gasteiger partial charge in [-0.1, -0.05) is 24.3 Å². The van der Waals surface area contributed by atoms with Crippen LogP contribution in [0.1, 0.15) is 5.82 Å². The number of halogens is 1. The fraction of sp³-hybridized carbons (Fsp3) is 0.0714. The van der Waals surface area contributed by atoms with Crippen molar-refractivity contribution in [2.45, 2.75) is 6.54 Å². The molecular formula is C14H12FN3. The zero-order valence-electron chi connectivity index (χ0n) is 9.65. The van der Waals surface area contributed by atoms with E-state index < -0.39 is 0 Å². The van der Waals surface area contributed by atoms with Gasteiger partial charge in [-0.3, -0.25) is 0 Å². The van der Waals surface area contributed by atoms with Gasteiger partial charge in [-0.15, -0.1) is 0 Å². The number of hydrogen-bond acceptors (Lipinski definition) is 2. The number of nitrogens with zero attached hydrogens (tertiary/aromatic N) is 1. The molecule has 0 saturated carbocycles. The first-order valence-corrected chi connectivity index (χ1v) is 5.74. The van der Waals surface area contributed by atoms with E-state index in [2.05, 4.69) is 15.3 Å². The third-order valence-electron chi connectivity index (χ3n) is 2.87. The van der Waals surface area contributed by atoms with E-state index in [0.717, 1.165) is 16.9 Å². The molecule has 0 aliphatic carbocycles. The molecule has 4 heteroatoms. The van der Waals surface area contributed by atoms with Crippen LogP contribution in [0.5, 0.6) is 0 Å². The summed E-state index contributed by atoms with van der Waals surface area (Å²) < 4.78 is 13.6. The molecule has 0 aliphatic rings. The minimum atomic E-state index is -0.200. The van der Waals surface area contributed by atoms with Gasteiger partial charge in [-0.2, -0.15) is 0 Å². The van der Waals surface area contributed by atoms with Gasteiger partial charge < -0.3 is 10.3 Å². The highest BCUT2D eigenvalue weighted by molar-refractivity contribution is 5.94. The van der Waals surface area contributed by atoms with Crippen molar-refractivity contribution in [1.82, 2.24) is 9.97 Å². The third kappa shape index (κ3) is 1.93. The summed E-state index contributed by atoms with van der Waals surface area (Å²) in [5, 5.41) is 4.76. The normalized spacial score (nSPS) is 10.7. The molecule has 0 spiro atoms. The molecule has 3 rings (SSSR count). The van der Waals surface area contributed by atoms with Crippen LogP contribution in [-0.2, 0) is 6.54 Å². The number of hydrogen-bond donors (Lipinski definition) is 2. The molecule has 3 aromatic rings. The number of anilines is 1. The highest BCUT2D eigenvalue weighted by Crippen LogP contribution is 2.25. The number of aromatic nitrogens is 2. The predicted octanol–water partition coefficient (Wildman–Crippen LogP) is 3.31. The Morgan fingerprint density at radius 2 is 1.94 bits per heavy atom. The lowest BCUT2D eigenvalue weighted by atomic mass is 10.1. The van der Waals surface area contributed by atoms with E-state index in [1.54, 1.807) is 24.5 Å². The number of imidazole rings is 1. The number of aromatic amines is 1. The van der Waals surface area contributed by atoms with Crippen molar-refractivity contribution in [3.63, 3.8) is 0 Å². The fourth-order valence-electron chi connectivity index (χ4n) is 1.99. The summed E-state index contributed by atoms with van der Waals surface area (Å²) >= 11 is 0. The van der Waals surface area contributed by atoms with Crippen molar-refractivity contribution in [2.75, 3.05) is 5.32 Å². The molecule has 1 aromatic heterocycles. The average Bonchev–Trinajstić information content (AvgIpc) is 2.92. The number of nitrogens with one attached hydrogen (secondary N) is 2. The van der Waals surface area contributed by atoms with Gasteiger partial charge in [0.25, 0.3) is 0 Å². The largest absolute Gasteiger partial charge is 0.377 e. The van der Waals surface area contributed by atoms with Gasteiger partial charge in [0.15, 0.2) is 0 Å². The van der Waals surface area contributed by atoms with Crippen LogP contribution in [-0.4, -0.2) is 9.97 Å². The third-order valence-corrected chi connectivity index (χ3v) is 2.87. The summed E-state index contributed by atoms with van der Waals surface area (Å²) in [7, 11) is 0. The molecule has 0 atom stereocenters. The molecule has 1 heterocycles. The first kappa shape index (κ1) is 10.8. The van der Waals surface area contributed by atoms with Gasteiger partial charge in [0, 0.05) is 28.9 Å². The van der Waals surface area contributed by atoms with Crippen LogP contribution < -0.4 is 5.32 Å². The van der Waals surface area contributed by atoms with E-state index in [1.807, 2.05) is 18.2 Å². The van der Waals surface area contributed by atoms with Crippen LogP contribution in [0.2, 0.25) is 0 Å². The Labute approximate surface area is 104 Å². The second kappa shape index (κ2) is 4.49. The molecule has 0 amide bonds. The zero-order chi connectivity index (χ0) is 12.4. The minimum Gasteiger partial charge on any atom is -0.377 e. The van der Waals surface area contributed by atoms with Gasteiger partial charge in [-0.05, 0) is 12.1 Å². The van der Waals surface area contributed by atoms with Gasteiger partial charge in [0.2, 0.25) is 0 Å². The molecule has 2 N–H and O–H groups in total.